The van der Waals surface area contributed by atoms with Gasteiger partial charge in [0.1, 0.15) is 0 Å². The standard InChI is InChI=1S/C16H32N4O2.HI/c1-17-16(18-11-10-15(21)20(2)3)19-12-13-22-14-8-6-4-5-7-9-14;/h14H,4-13H2,1-3H3,(H2,17,18,19);1H. The normalized spacial score (nSPS) is 16.2. The Hall–Kier alpha value is -0.570. The number of guanidine groups is 1. The highest BCUT2D eigenvalue weighted by Gasteiger charge is 2.12. The van der Waals surface area contributed by atoms with Crippen LogP contribution in [0.4, 0.5) is 0 Å². The number of hydrogen-bond acceptors (Lipinski definition) is 3. The van der Waals surface area contributed by atoms with Crippen LogP contribution in [0.5, 0.6) is 0 Å². The maximum absolute atomic E-state index is 11.5. The van der Waals surface area contributed by atoms with Gasteiger partial charge in [-0.2, -0.15) is 0 Å². The number of carbonyl (C=O) groups is 1. The molecule has 1 aliphatic rings. The molecule has 136 valence electrons. The number of amides is 1. The molecule has 1 fully saturated rings. The molecule has 0 spiro atoms. The van der Waals surface area contributed by atoms with Crippen molar-refractivity contribution in [3.8, 4) is 0 Å². The lowest BCUT2D eigenvalue weighted by Crippen LogP contribution is -2.40. The highest BCUT2D eigenvalue weighted by molar-refractivity contribution is 14.0. The van der Waals surface area contributed by atoms with Crippen LogP contribution in [0, 0.1) is 0 Å². The van der Waals surface area contributed by atoms with Gasteiger partial charge in [-0.25, -0.2) is 0 Å². The van der Waals surface area contributed by atoms with Crippen molar-refractivity contribution in [1.29, 1.82) is 0 Å². The maximum Gasteiger partial charge on any atom is 0.223 e. The van der Waals surface area contributed by atoms with Crippen molar-refractivity contribution < 1.29 is 9.53 Å². The number of carbonyl (C=O) groups excluding carboxylic acids is 1. The Kier molecular flexibility index (Phi) is 13.5. The molecule has 0 radical (unpaired) electrons. The lowest BCUT2D eigenvalue weighted by molar-refractivity contribution is -0.128. The second-order valence-electron chi connectivity index (χ2n) is 5.95. The van der Waals surface area contributed by atoms with E-state index in [9.17, 15) is 4.79 Å². The molecular formula is C16H33IN4O2. The predicted octanol–water partition coefficient (Wildman–Crippen LogP) is 1.99. The molecule has 0 atom stereocenters. The molecule has 1 aliphatic carbocycles. The lowest BCUT2D eigenvalue weighted by atomic mass is 10.1. The summed E-state index contributed by atoms with van der Waals surface area (Å²) in [5.41, 5.74) is 0. The first-order valence-corrected chi connectivity index (χ1v) is 8.39. The predicted molar refractivity (Wildman–Crippen MR) is 106 cm³/mol. The molecule has 0 unspecified atom stereocenters. The van der Waals surface area contributed by atoms with E-state index >= 15 is 0 Å². The summed E-state index contributed by atoms with van der Waals surface area (Å²) in [7, 11) is 5.26. The summed E-state index contributed by atoms with van der Waals surface area (Å²) < 4.78 is 5.93. The molecule has 0 heterocycles. The SMILES string of the molecule is CN=C(NCCOC1CCCCCC1)NCCC(=O)N(C)C.I. The first kappa shape index (κ1) is 22.4. The van der Waals surface area contributed by atoms with Crippen molar-refractivity contribution in [1.82, 2.24) is 15.5 Å². The summed E-state index contributed by atoms with van der Waals surface area (Å²) in [6, 6.07) is 0. The Labute approximate surface area is 157 Å². The molecule has 0 aromatic carbocycles. The van der Waals surface area contributed by atoms with E-state index in [-0.39, 0.29) is 29.9 Å². The zero-order valence-corrected chi connectivity index (χ0v) is 17.1. The molecule has 2 N–H and O–H groups in total. The van der Waals surface area contributed by atoms with Crippen LogP contribution in [0.3, 0.4) is 0 Å². The maximum atomic E-state index is 11.5. The van der Waals surface area contributed by atoms with Gasteiger partial charge in [-0.15, -0.1) is 24.0 Å². The highest BCUT2D eigenvalue weighted by atomic mass is 127. The van der Waals surface area contributed by atoms with Crippen LogP contribution < -0.4 is 10.6 Å². The number of nitrogens with zero attached hydrogens (tertiary/aromatic N) is 2. The van der Waals surface area contributed by atoms with Gasteiger partial charge in [0.05, 0.1) is 12.7 Å². The van der Waals surface area contributed by atoms with E-state index in [1.807, 2.05) is 0 Å². The summed E-state index contributed by atoms with van der Waals surface area (Å²) in [6.07, 6.45) is 8.56. The molecular weight excluding hydrogens is 407 g/mol. The smallest absolute Gasteiger partial charge is 0.223 e. The Morgan fingerprint density at radius 1 is 1.13 bits per heavy atom. The summed E-state index contributed by atoms with van der Waals surface area (Å²) in [5, 5.41) is 6.36. The van der Waals surface area contributed by atoms with Gasteiger partial charge >= 0.3 is 0 Å². The fourth-order valence-corrected chi connectivity index (χ4v) is 2.54. The number of ether oxygens (including phenoxy) is 1. The Morgan fingerprint density at radius 2 is 1.74 bits per heavy atom. The minimum Gasteiger partial charge on any atom is -0.376 e. The summed E-state index contributed by atoms with van der Waals surface area (Å²) >= 11 is 0. The lowest BCUT2D eigenvalue weighted by Gasteiger charge is -2.17. The van der Waals surface area contributed by atoms with Gasteiger partial charge in [0.2, 0.25) is 5.91 Å². The Bertz CT molecular complexity index is 343. The van der Waals surface area contributed by atoms with Crippen molar-refractivity contribution in [2.24, 2.45) is 4.99 Å². The average Bonchev–Trinajstić information content (AvgIpc) is 2.78. The third-order valence-corrected chi connectivity index (χ3v) is 3.90. The molecule has 6 nitrogen and oxygen atoms in total. The number of halogens is 1. The van der Waals surface area contributed by atoms with Crippen molar-refractivity contribution in [3.05, 3.63) is 0 Å². The second-order valence-corrected chi connectivity index (χ2v) is 5.95. The van der Waals surface area contributed by atoms with Gasteiger partial charge < -0.3 is 20.3 Å². The quantitative estimate of drug-likeness (QED) is 0.209. The van der Waals surface area contributed by atoms with E-state index in [1.165, 1.54) is 38.5 Å². The molecule has 1 amide bonds. The molecule has 0 aliphatic heterocycles. The van der Waals surface area contributed by atoms with Gasteiger partial charge in [-0.3, -0.25) is 9.79 Å². The van der Waals surface area contributed by atoms with Gasteiger partial charge in [-0.1, -0.05) is 25.7 Å². The van der Waals surface area contributed by atoms with Crippen LogP contribution in [0.2, 0.25) is 0 Å². The first-order chi connectivity index (χ1) is 10.6. The van der Waals surface area contributed by atoms with Crippen LogP contribution in [-0.2, 0) is 9.53 Å². The van der Waals surface area contributed by atoms with Gasteiger partial charge in [0, 0.05) is 40.7 Å². The van der Waals surface area contributed by atoms with Gasteiger partial charge in [0.15, 0.2) is 5.96 Å². The van der Waals surface area contributed by atoms with Crippen LogP contribution in [0.25, 0.3) is 0 Å². The highest BCUT2D eigenvalue weighted by Crippen LogP contribution is 2.19. The van der Waals surface area contributed by atoms with Crippen molar-refractivity contribution in [2.45, 2.75) is 51.0 Å². The summed E-state index contributed by atoms with van der Waals surface area (Å²) in [5.74, 6) is 0.829. The third kappa shape index (κ3) is 10.8. The van der Waals surface area contributed by atoms with E-state index in [1.54, 1.807) is 26.0 Å². The van der Waals surface area contributed by atoms with Crippen LogP contribution in [0.15, 0.2) is 4.99 Å². The number of aliphatic imine (C=N–C) groups is 1. The largest absolute Gasteiger partial charge is 0.376 e. The van der Waals surface area contributed by atoms with E-state index in [4.69, 9.17) is 4.74 Å². The zero-order valence-electron chi connectivity index (χ0n) is 14.8. The first-order valence-electron chi connectivity index (χ1n) is 8.39. The third-order valence-electron chi connectivity index (χ3n) is 3.90. The monoisotopic (exact) mass is 440 g/mol. The Morgan fingerprint density at radius 3 is 2.30 bits per heavy atom. The van der Waals surface area contributed by atoms with Crippen LogP contribution in [0.1, 0.15) is 44.9 Å². The van der Waals surface area contributed by atoms with E-state index in [2.05, 4.69) is 15.6 Å². The van der Waals surface area contributed by atoms with Crippen molar-refractivity contribution in [2.75, 3.05) is 40.8 Å². The zero-order chi connectivity index (χ0) is 16.2. The van der Waals surface area contributed by atoms with E-state index in [0.717, 1.165) is 12.5 Å². The van der Waals surface area contributed by atoms with Crippen LogP contribution >= 0.6 is 24.0 Å². The molecule has 0 aromatic rings. The number of rotatable bonds is 7. The van der Waals surface area contributed by atoms with Crippen LogP contribution in [-0.4, -0.2) is 63.7 Å². The molecule has 23 heavy (non-hydrogen) atoms. The fraction of sp³-hybridized carbons (Fsp3) is 0.875. The molecule has 7 heteroatoms. The minimum atomic E-state index is 0. The topological polar surface area (TPSA) is 66.0 Å². The van der Waals surface area contributed by atoms with E-state index in [0.29, 0.717) is 25.7 Å². The number of nitrogens with one attached hydrogen (secondary N) is 2. The molecule has 1 saturated carbocycles. The van der Waals surface area contributed by atoms with Crippen molar-refractivity contribution >= 4 is 35.8 Å². The van der Waals surface area contributed by atoms with E-state index < -0.39 is 0 Å². The molecule has 0 aromatic heterocycles. The minimum absolute atomic E-state index is 0. The fourth-order valence-electron chi connectivity index (χ4n) is 2.54. The summed E-state index contributed by atoms with van der Waals surface area (Å²) in [4.78, 5) is 17.2. The Balaban J connectivity index is 0.00000484. The van der Waals surface area contributed by atoms with Gasteiger partial charge in [0.25, 0.3) is 0 Å². The number of hydrogen-bond donors (Lipinski definition) is 2. The van der Waals surface area contributed by atoms with Gasteiger partial charge in [-0.05, 0) is 12.8 Å². The molecule has 1 rings (SSSR count). The second kappa shape index (κ2) is 13.8. The van der Waals surface area contributed by atoms with Crippen molar-refractivity contribution in [3.63, 3.8) is 0 Å². The molecule has 0 saturated heterocycles. The average molecular weight is 440 g/mol. The molecule has 0 bridgehead atoms. The summed E-state index contributed by atoms with van der Waals surface area (Å²) in [6.45, 7) is 2.01.